The molecular weight excluding hydrogens is 867 g/mol. The molecule has 12 aromatic rings. The van der Waals surface area contributed by atoms with Crippen LogP contribution in [-0.4, -0.2) is 0 Å². The molecule has 0 aromatic heterocycles. The van der Waals surface area contributed by atoms with Crippen LogP contribution in [0.4, 0.5) is 17.1 Å². The summed E-state index contributed by atoms with van der Waals surface area (Å²) < 4.78 is 0. The molecule has 0 heterocycles. The lowest BCUT2D eigenvalue weighted by molar-refractivity contribution is 0.769. The fourth-order valence-corrected chi connectivity index (χ4v) is 11.2. The van der Waals surface area contributed by atoms with E-state index in [2.05, 4.69) is 302 Å². The Morgan fingerprint density at radius 3 is 1.25 bits per heavy atom. The van der Waals surface area contributed by atoms with Crippen molar-refractivity contribution in [2.75, 3.05) is 4.90 Å². The third-order valence-corrected chi connectivity index (χ3v) is 14.8. The van der Waals surface area contributed by atoms with Gasteiger partial charge >= 0.3 is 0 Å². The van der Waals surface area contributed by atoms with Crippen molar-refractivity contribution in [3.05, 3.63) is 320 Å². The second-order valence-electron chi connectivity index (χ2n) is 18.9. The van der Waals surface area contributed by atoms with Gasteiger partial charge in [-0.1, -0.05) is 243 Å². The SMILES string of the molecule is c1ccc(-c2ccc(-c3cccc(N(c4ccc(-c5cccc(-c6ccc7ccccc7c6)c5)cc4)c4ccc(-c5ccc6c(c5)C(c5ccccc5)(c5ccccc5)c5ccccc5-6)cc4)c3)cc2)cc1. The van der Waals surface area contributed by atoms with E-state index in [9.17, 15) is 0 Å². The Morgan fingerprint density at radius 2 is 0.611 bits per heavy atom. The van der Waals surface area contributed by atoms with Crippen molar-refractivity contribution in [1.82, 2.24) is 0 Å². The minimum absolute atomic E-state index is 0.460. The Kier molecular flexibility index (Phi) is 10.8. The van der Waals surface area contributed by atoms with E-state index in [4.69, 9.17) is 0 Å². The molecule has 0 spiro atoms. The normalized spacial score (nSPS) is 12.3. The molecule has 1 nitrogen and oxygen atoms in total. The average Bonchev–Trinajstić information content (AvgIpc) is 3.77. The topological polar surface area (TPSA) is 3.24 Å². The van der Waals surface area contributed by atoms with Gasteiger partial charge in [-0.05, 0) is 154 Å². The lowest BCUT2D eigenvalue weighted by atomic mass is 9.67. The first-order valence-corrected chi connectivity index (χ1v) is 24.9. The van der Waals surface area contributed by atoms with Crippen LogP contribution in [0.3, 0.4) is 0 Å². The van der Waals surface area contributed by atoms with E-state index in [1.165, 1.54) is 94.2 Å². The van der Waals surface area contributed by atoms with Gasteiger partial charge in [0.1, 0.15) is 0 Å². The summed E-state index contributed by atoms with van der Waals surface area (Å²) in [5, 5.41) is 2.50. The molecule has 1 aliphatic carbocycles. The lowest BCUT2D eigenvalue weighted by Gasteiger charge is -2.34. The predicted molar refractivity (Wildman–Crippen MR) is 303 cm³/mol. The summed E-state index contributed by atoms with van der Waals surface area (Å²) >= 11 is 0. The standard InChI is InChI=1S/C71H49N/c1-4-16-50(17-5-1)52-30-32-53(33-31-52)59-22-15-27-66(48-59)72(64-41-36-54(37-42-64)57-20-14-21-58(46-57)60-35-34-51-18-10-11-19-56(51)47-60)65-43-38-55(39-44-65)61-40-45-68-67-28-12-13-29-69(67)71(70(68)49-61,62-23-6-2-7-24-62)63-25-8-3-9-26-63/h1-49H. The predicted octanol–water partition coefficient (Wildman–Crippen LogP) is 19.0. The Balaban J connectivity index is 0.886. The van der Waals surface area contributed by atoms with Gasteiger partial charge in [0, 0.05) is 17.1 Å². The van der Waals surface area contributed by atoms with Crippen molar-refractivity contribution in [1.29, 1.82) is 0 Å². The molecule has 338 valence electrons. The zero-order valence-electron chi connectivity index (χ0n) is 39.7. The molecule has 0 unspecified atom stereocenters. The van der Waals surface area contributed by atoms with Crippen molar-refractivity contribution in [2.45, 2.75) is 5.41 Å². The van der Waals surface area contributed by atoms with Crippen molar-refractivity contribution < 1.29 is 0 Å². The Labute approximate surface area is 422 Å². The second-order valence-corrected chi connectivity index (χ2v) is 18.9. The van der Waals surface area contributed by atoms with Crippen LogP contribution in [0.25, 0.3) is 77.5 Å². The number of nitrogens with zero attached hydrogens (tertiary/aromatic N) is 1. The molecule has 1 aliphatic rings. The van der Waals surface area contributed by atoms with Gasteiger partial charge in [-0.15, -0.1) is 0 Å². The Bertz CT molecular complexity index is 3840. The van der Waals surface area contributed by atoms with Crippen LogP contribution >= 0.6 is 0 Å². The molecule has 0 saturated heterocycles. The molecule has 0 atom stereocenters. The van der Waals surface area contributed by atoms with Crippen LogP contribution in [0, 0.1) is 0 Å². The first-order valence-electron chi connectivity index (χ1n) is 24.9. The third kappa shape index (κ3) is 7.60. The van der Waals surface area contributed by atoms with Crippen LogP contribution in [0.1, 0.15) is 22.3 Å². The van der Waals surface area contributed by atoms with Crippen LogP contribution in [0.2, 0.25) is 0 Å². The van der Waals surface area contributed by atoms with Crippen molar-refractivity contribution in [2.24, 2.45) is 0 Å². The van der Waals surface area contributed by atoms with Crippen LogP contribution in [0.5, 0.6) is 0 Å². The molecule has 0 saturated carbocycles. The molecule has 0 bridgehead atoms. The number of anilines is 3. The van der Waals surface area contributed by atoms with Gasteiger partial charge in [0.05, 0.1) is 5.41 Å². The van der Waals surface area contributed by atoms with Crippen molar-refractivity contribution in [3.8, 4) is 66.8 Å². The molecule has 0 N–H and O–H groups in total. The maximum Gasteiger partial charge on any atom is 0.0713 e. The third-order valence-electron chi connectivity index (χ3n) is 14.8. The summed E-state index contributed by atoms with van der Waals surface area (Å²) in [4.78, 5) is 2.38. The van der Waals surface area contributed by atoms with Crippen LogP contribution < -0.4 is 4.90 Å². The van der Waals surface area contributed by atoms with Crippen LogP contribution in [-0.2, 0) is 5.41 Å². The summed E-state index contributed by atoms with van der Waals surface area (Å²) in [5.74, 6) is 0. The van der Waals surface area contributed by atoms with Gasteiger partial charge in [0.2, 0.25) is 0 Å². The van der Waals surface area contributed by atoms with E-state index in [0.29, 0.717) is 0 Å². The summed E-state index contributed by atoms with van der Waals surface area (Å²) in [6.07, 6.45) is 0. The van der Waals surface area contributed by atoms with E-state index < -0.39 is 5.41 Å². The van der Waals surface area contributed by atoms with E-state index in [1.807, 2.05) is 0 Å². The highest BCUT2D eigenvalue weighted by molar-refractivity contribution is 5.90. The van der Waals surface area contributed by atoms with Crippen molar-refractivity contribution in [3.63, 3.8) is 0 Å². The highest BCUT2D eigenvalue weighted by atomic mass is 15.1. The molecule has 0 radical (unpaired) electrons. The zero-order valence-corrected chi connectivity index (χ0v) is 39.7. The highest BCUT2D eigenvalue weighted by Crippen LogP contribution is 2.56. The molecular formula is C71H49N. The molecule has 0 aliphatic heterocycles. The van der Waals surface area contributed by atoms with Gasteiger partial charge in [-0.3, -0.25) is 0 Å². The van der Waals surface area contributed by atoms with E-state index >= 15 is 0 Å². The maximum atomic E-state index is 2.45. The fourth-order valence-electron chi connectivity index (χ4n) is 11.2. The van der Waals surface area contributed by atoms with E-state index in [-0.39, 0.29) is 0 Å². The monoisotopic (exact) mass is 915 g/mol. The van der Waals surface area contributed by atoms with Crippen LogP contribution in [0.15, 0.2) is 297 Å². The quantitative estimate of drug-likeness (QED) is 0.132. The van der Waals surface area contributed by atoms with Crippen molar-refractivity contribution >= 4 is 27.8 Å². The molecule has 13 rings (SSSR count). The zero-order chi connectivity index (χ0) is 47.8. The minimum atomic E-state index is -0.460. The first-order chi connectivity index (χ1) is 35.7. The largest absolute Gasteiger partial charge is 0.310 e. The van der Waals surface area contributed by atoms with Gasteiger partial charge in [-0.2, -0.15) is 0 Å². The van der Waals surface area contributed by atoms with Gasteiger partial charge in [0.15, 0.2) is 0 Å². The molecule has 0 fully saturated rings. The number of hydrogen-bond donors (Lipinski definition) is 0. The first kappa shape index (κ1) is 42.8. The second kappa shape index (κ2) is 18.2. The number of benzene rings is 12. The number of hydrogen-bond acceptors (Lipinski definition) is 1. The van der Waals surface area contributed by atoms with Gasteiger partial charge < -0.3 is 4.90 Å². The smallest absolute Gasteiger partial charge is 0.0713 e. The van der Waals surface area contributed by atoms with Gasteiger partial charge in [-0.25, -0.2) is 0 Å². The summed E-state index contributed by atoms with van der Waals surface area (Å²) in [5.41, 5.74) is 22.4. The number of fused-ring (bicyclic) bond motifs is 4. The highest BCUT2D eigenvalue weighted by Gasteiger charge is 2.46. The Hall–Kier alpha value is -9.30. The number of rotatable bonds is 10. The van der Waals surface area contributed by atoms with E-state index in [1.54, 1.807) is 0 Å². The molecule has 0 amide bonds. The fraction of sp³-hybridized carbons (Fsp3) is 0.0141. The summed E-state index contributed by atoms with van der Waals surface area (Å²) in [6, 6.07) is 109. The molecule has 72 heavy (non-hydrogen) atoms. The summed E-state index contributed by atoms with van der Waals surface area (Å²) in [7, 11) is 0. The van der Waals surface area contributed by atoms with Gasteiger partial charge in [0.25, 0.3) is 0 Å². The molecule has 12 aromatic carbocycles. The average molecular weight is 916 g/mol. The van der Waals surface area contributed by atoms with E-state index in [0.717, 1.165) is 22.6 Å². The lowest BCUT2D eigenvalue weighted by Crippen LogP contribution is -2.28. The Morgan fingerprint density at radius 1 is 0.208 bits per heavy atom. The molecule has 1 heteroatoms. The minimum Gasteiger partial charge on any atom is -0.310 e. The summed E-state index contributed by atoms with van der Waals surface area (Å²) in [6.45, 7) is 0. The maximum absolute atomic E-state index is 2.45.